The van der Waals surface area contributed by atoms with E-state index in [4.69, 9.17) is 14.6 Å². The van der Waals surface area contributed by atoms with Crippen LogP contribution in [0.4, 0.5) is 0 Å². The number of aliphatic hydroxyl groups excluding tert-OH is 2. The van der Waals surface area contributed by atoms with Gasteiger partial charge in [0.25, 0.3) is 0 Å². The molecule has 0 aromatic carbocycles. The molecular weight excluding hydrogens is 160 g/mol. The van der Waals surface area contributed by atoms with Crippen molar-refractivity contribution in [3.63, 3.8) is 0 Å². The number of methoxy groups -OCH3 is 1. The van der Waals surface area contributed by atoms with Crippen molar-refractivity contribution < 1.29 is 19.7 Å². The van der Waals surface area contributed by atoms with E-state index < -0.39 is 12.2 Å². The maximum Gasteiger partial charge on any atom is 0.158 e. The molecule has 1 aliphatic rings. The van der Waals surface area contributed by atoms with Gasteiger partial charge in [0.2, 0.25) is 0 Å². The Balaban J connectivity index is 2.52. The van der Waals surface area contributed by atoms with Gasteiger partial charge in [0.05, 0.1) is 12.7 Å². The SMILES string of the molecule is COC1C[C@@H](C)[C@@H](O)[C@@H](CO)O1. The van der Waals surface area contributed by atoms with Crippen LogP contribution in [0, 0.1) is 5.92 Å². The molecule has 0 bridgehead atoms. The molecule has 72 valence electrons. The molecule has 4 heteroatoms. The van der Waals surface area contributed by atoms with Crippen LogP contribution in [-0.2, 0) is 9.47 Å². The lowest BCUT2D eigenvalue weighted by Crippen LogP contribution is -2.46. The minimum Gasteiger partial charge on any atom is -0.394 e. The largest absolute Gasteiger partial charge is 0.394 e. The summed E-state index contributed by atoms with van der Waals surface area (Å²) in [5, 5.41) is 18.4. The Morgan fingerprint density at radius 3 is 2.75 bits per heavy atom. The second-order valence-electron chi connectivity index (χ2n) is 3.23. The quantitative estimate of drug-likeness (QED) is 0.608. The molecule has 0 saturated carbocycles. The van der Waals surface area contributed by atoms with Crippen molar-refractivity contribution in [1.29, 1.82) is 0 Å². The monoisotopic (exact) mass is 176 g/mol. The van der Waals surface area contributed by atoms with Crippen LogP contribution in [0.25, 0.3) is 0 Å². The van der Waals surface area contributed by atoms with E-state index in [1.54, 1.807) is 7.11 Å². The van der Waals surface area contributed by atoms with Gasteiger partial charge in [-0.15, -0.1) is 0 Å². The molecule has 1 fully saturated rings. The lowest BCUT2D eigenvalue weighted by Gasteiger charge is -2.36. The molecule has 1 aliphatic heterocycles. The molecular formula is C8H16O4. The molecule has 0 spiro atoms. The first-order valence-electron chi connectivity index (χ1n) is 4.16. The van der Waals surface area contributed by atoms with E-state index in [1.807, 2.05) is 6.92 Å². The highest BCUT2D eigenvalue weighted by Gasteiger charge is 2.34. The topological polar surface area (TPSA) is 58.9 Å². The van der Waals surface area contributed by atoms with Crippen LogP contribution in [0.1, 0.15) is 13.3 Å². The van der Waals surface area contributed by atoms with Crippen LogP contribution in [0.15, 0.2) is 0 Å². The number of hydrogen-bond donors (Lipinski definition) is 2. The first-order valence-corrected chi connectivity index (χ1v) is 4.16. The van der Waals surface area contributed by atoms with Crippen LogP contribution in [-0.4, -0.2) is 42.4 Å². The van der Waals surface area contributed by atoms with E-state index in [1.165, 1.54) is 0 Å². The van der Waals surface area contributed by atoms with Crippen LogP contribution in [0.5, 0.6) is 0 Å². The molecule has 0 amide bonds. The summed E-state index contributed by atoms with van der Waals surface area (Å²) in [7, 11) is 1.56. The standard InChI is InChI=1S/C8H16O4/c1-5-3-7(11-2)12-6(4-9)8(5)10/h5-10H,3-4H2,1-2H3/t5-,6-,7?,8-/m1/s1. The Kier molecular flexibility index (Phi) is 3.46. The predicted octanol–water partition coefficient (Wildman–Crippen LogP) is -0.263. The summed E-state index contributed by atoms with van der Waals surface area (Å²) in [6, 6.07) is 0. The van der Waals surface area contributed by atoms with Crippen LogP contribution in [0.3, 0.4) is 0 Å². The number of aliphatic hydroxyl groups is 2. The van der Waals surface area contributed by atoms with Gasteiger partial charge in [-0.05, 0) is 5.92 Å². The lowest BCUT2D eigenvalue weighted by molar-refractivity contribution is -0.234. The van der Waals surface area contributed by atoms with E-state index in [-0.39, 0.29) is 18.8 Å². The molecule has 0 aliphatic carbocycles. The van der Waals surface area contributed by atoms with Crippen molar-refractivity contribution in [2.75, 3.05) is 13.7 Å². The van der Waals surface area contributed by atoms with Gasteiger partial charge < -0.3 is 19.7 Å². The summed E-state index contributed by atoms with van der Waals surface area (Å²) in [4.78, 5) is 0. The third-order valence-corrected chi connectivity index (χ3v) is 2.30. The zero-order valence-corrected chi connectivity index (χ0v) is 7.43. The van der Waals surface area contributed by atoms with Gasteiger partial charge in [-0.25, -0.2) is 0 Å². The highest BCUT2D eigenvalue weighted by molar-refractivity contribution is 4.79. The van der Waals surface area contributed by atoms with Crippen LogP contribution in [0.2, 0.25) is 0 Å². The van der Waals surface area contributed by atoms with Gasteiger partial charge in [-0.3, -0.25) is 0 Å². The van der Waals surface area contributed by atoms with Gasteiger partial charge in [-0.1, -0.05) is 6.92 Å². The summed E-state index contributed by atoms with van der Waals surface area (Å²) in [5.41, 5.74) is 0. The molecule has 1 heterocycles. The highest BCUT2D eigenvalue weighted by Crippen LogP contribution is 2.25. The second kappa shape index (κ2) is 4.18. The van der Waals surface area contributed by atoms with Gasteiger partial charge in [0.15, 0.2) is 6.29 Å². The Morgan fingerprint density at radius 1 is 1.58 bits per heavy atom. The van der Waals surface area contributed by atoms with Crippen molar-refractivity contribution in [3.8, 4) is 0 Å². The second-order valence-corrected chi connectivity index (χ2v) is 3.23. The Bertz CT molecular complexity index is 139. The lowest BCUT2D eigenvalue weighted by atomic mass is 9.93. The summed E-state index contributed by atoms with van der Waals surface area (Å²) in [6.45, 7) is 1.76. The van der Waals surface area contributed by atoms with Crippen molar-refractivity contribution in [1.82, 2.24) is 0 Å². The molecule has 4 nitrogen and oxygen atoms in total. The molecule has 1 saturated heterocycles. The Morgan fingerprint density at radius 2 is 2.25 bits per heavy atom. The molecule has 0 aromatic rings. The van der Waals surface area contributed by atoms with Gasteiger partial charge in [-0.2, -0.15) is 0 Å². The van der Waals surface area contributed by atoms with Crippen molar-refractivity contribution >= 4 is 0 Å². The average Bonchev–Trinajstić information content (AvgIpc) is 2.09. The Labute approximate surface area is 72.1 Å². The molecule has 2 N–H and O–H groups in total. The van der Waals surface area contributed by atoms with Crippen molar-refractivity contribution in [3.05, 3.63) is 0 Å². The fourth-order valence-electron chi connectivity index (χ4n) is 1.44. The third-order valence-electron chi connectivity index (χ3n) is 2.30. The molecule has 12 heavy (non-hydrogen) atoms. The smallest absolute Gasteiger partial charge is 0.158 e. The fraction of sp³-hybridized carbons (Fsp3) is 1.00. The van der Waals surface area contributed by atoms with Crippen LogP contribution >= 0.6 is 0 Å². The summed E-state index contributed by atoms with van der Waals surface area (Å²) in [5.74, 6) is 0.112. The molecule has 1 unspecified atom stereocenters. The maximum absolute atomic E-state index is 9.51. The summed E-state index contributed by atoms with van der Waals surface area (Å²) < 4.78 is 10.2. The predicted molar refractivity (Wildman–Crippen MR) is 42.5 cm³/mol. The number of rotatable bonds is 2. The molecule has 0 radical (unpaired) electrons. The van der Waals surface area contributed by atoms with E-state index in [0.29, 0.717) is 6.42 Å². The molecule has 0 aromatic heterocycles. The van der Waals surface area contributed by atoms with Gasteiger partial charge in [0, 0.05) is 13.5 Å². The van der Waals surface area contributed by atoms with Gasteiger partial charge in [0.1, 0.15) is 6.10 Å². The highest BCUT2D eigenvalue weighted by atomic mass is 16.7. The minimum atomic E-state index is -0.582. The van der Waals surface area contributed by atoms with Crippen LogP contribution < -0.4 is 0 Å². The zero-order chi connectivity index (χ0) is 9.14. The van der Waals surface area contributed by atoms with Crippen molar-refractivity contribution in [2.24, 2.45) is 5.92 Å². The zero-order valence-electron chi connectivity index (χ0n) is 7.43. The molecule has 1 rings (SSSR count). The van der Waals surface area contributed by atoms with E-state index >= 15 is 0 Å². The van der Waals surface area contributed by atoms with E-state index in [2.05, 4.69) is 0 Å². The van der Waals surface area contributed by atoms with E-state index in [9.17, 15) is 5.11 Å². The first kappa shape index (κ1) is 9.92. The normalized spacial score (nSPS) is 43.0. The minimum absolute atomic E-state index is 0.112. The summed E-state index contributed by atoms with van der Waals surface area (Å²) >= 11 is 0. The van der Waals surface area contributed by atoms with Gasteiger partial charge >= 0.3 is 0 Å². The van der Waals surface area contributed by atoms with E-state index in [0.717, 1.165) is 0 Å². The maximum atomic E-state index is 9.51. The number of hydrogen-bond acceptors (Lipinski definition) is 4. The third kappa shape index (κ3) is 1.95. The Hall–Kier alpha value is -0.160. The molecule has 4 atom stereocenters. The summed E-state index contributed by atoms with van der Waals surface area (Å²) in [6.07, 6.45) is -0.700. The van der Waals surface area contributed by atoms with Crippen molar-refractivity contribution in [2.45, 2.75) is 31.8 Å². The average molecular weight is 176 g/mol. The number of ether oxygens (including phenoxy) is 2. The fourth-order valence-corrected chi connectivity index (χ4v) is 1.44. The first-order chi connectivity index (χ1) is 5.69.